The van der Waals surface area contributed by atoms with Crippen molar-refractivity contribution in [3.8, 4) is 0 Å². The molecule has 3 rings (SSSR count). The van der Waals surface area contributed by atoms with E-state index < -0.39 is 5.54 Å². The number of nitrogens with zero attached hydrogens (tertiary/aromatic N) is 2. The van der Waals surface area contributed by atoms with Gasteiger partial charge in [0.1, 0.15) is 5.54 Å². The maximum atomic E-state index is 13.0. The lowest BCUT2D eigenvalue weighted by Crippen LogP contribution is -2.60. The third-order valence-electron chi connectivity index (χ3n) is 4.82. The molecule has 2 fully saturated rings. The van der Waals surface area contributed by atoms with Gasteiger partial charge in [-0.05, 0) is 43.9 Å². The Labute approximate surface area is 131 Å². The Hall–Kier alpha value is -2.04. The predicted molar refractivity (Wildman–Crippen MR) is 86.0 cm³/mol. The molecule has 0 aromatic heterocycles. The minimum atomic E-state index is -0.622. The highest BCUT2D eigenvalue weighted by Gasteiger charge is 2.50. The highest BCUT2D eigenvalue weighted by molar-refractivity contribution is 6.00. The maximum Gasteiger partial charge on any atom is 0.254 e. The van der Waals surface area contributed by atoms with Gasteiger partial charge in [-0.25, -0.2) is 0 Å². The van der Waals surface area contributed by atoms with Crippen molar-refractivity contribution in [3.63, 3.8) is 0 Å². The summed E-state index contributed by atoms with van der Waals surface area (Å²) in [6.45, 7) is 1.39. The fourth-order valence-corrected chi connectivity index (χ4v) is 3.60. The van der Waals surface area contributed by atoms with Gasteiger partial charge in [-0.15, -0.1) is 0 Å². The molecule has 22 heavy (non-hydrogen) atoms. The van der Waals surface area contributed by atoms with E-state index in [-0.39, 0.29) is 11.8 Å². The zero-order valence-corrected chi connectivity index (χ0v) is 13.3. The van der Waals surface area contributed by atoms with E-state index >= 15 is 0 Å². The number of hydrogen-bond acceptors (Lipinski definition) is 3. The first-order valence-electron chi connectivity index (χ1n) is 7.92. The molecule has 0 saturated carbocycles. The zero-order valence-electron chi connectivity index (χ0n) is 13.3. The second-order valence-electron chi connectivity index (χ2n) is 6.40. The first kappa shape index (κ1) is 14.9. The van der Waals surface area contributed by atoms with Crippen LogP contribution in [0, 0.1) is 0 Å². The van der Waals surface area contributed by atoms with Gasteiger partial charge in [-0.2, -0.15) is 0 Å². The molecule has 2 saturated heterocycles. The van der Waals surface area contributed by atoms with E-state index in [4.69, 9.17) is 0 Å². The van der Waals surface area contributed by atoms with Crippen LogP contribution in [0.2, 0.25) is 0 Å². The number of likely N-dealkylation sites (tertiary alicyclic amines) is 1. The van der Waals surface area contributed by atoms with Crippen LogP contribution in [-0.2, 0) is 4.79 Å². The SMILES string of the molecule is CN(C)c1cccc(C(=O)N2CCCC23CCCNC3=O)c1. The van der Waals surface area contributed by atoms with Crippen molar-refractivity contribution in [1.29, 1.82) is 0 Å². The summed E-state index contributed by atoms with van der Waals surface area (Å²) in [5, 5.41) is 2.94. The van der Waals surface area contributed by atoms with Crippen molar-refractivity contribution >= 4 is 17.5 Å². The maximum absolute atomic E-state index is 13.0. The van der Waals surface area contributed by atoms with E-state index in [1.54, 1.807) is 4.90 Å². The third-order valence-corrected chi connectivity index (χ3v) is 4.82. The van der Waals surface area contributed by atoms with Crippen LogP contribution in [0.1, 0.15) is 36.0 Å². The Kier molecular flexibility index (Phi) is 3.81. The second kappa shape index (κ2) is 5.63. The van der Waals surface area contributed by atoms with E-state index in [1.807, 2.05) is 43.3 Å². The van der Waals surface area contributed by atoms with Crippen molar-refractivity contribution in [3.05, 3.63) is 29.8 Å². The van der Waals surface area contributed by atoms with Crippen molar-refractivity contribution < 1.29 is 9.59 Å². The molecule has 1 spiro atoms. The Morgan fingerprint density at radius 2 is 2.05 bits per heavy atom. The fraction of sp³-hybridized carbons (Fsp3) is 0.529. The summed E-state index contributed by atoms with van der Waals surface area (Å²) in [7, 11) is 3.91. The molecular weight excluding hydrogens is 278 g/mol. The van der Waals surface area contributed by atoms with Gasteiger partial charge in [0.15, 0.2) is 0 Å². The summed E-state index contributed by atoms with van der Waals surface area (Å²) in [5.74, 6) is -0.00776. The summed E-state index contributed by atoms with van der Waals surface area (Å²) in [6, 6.07) is 7.60. The molecule has 118 valence electrons. The van der Waals surface area contributed by atoms with E-state index in [1.165, 1.54) is 0 Å². The summed E-state index contributed by atoms with van der Waals surface area (Å²) < 4.78 is 0. The lowest BCUT2D eigenvalue weighted by Gasteiger charge is -2.40. The first-order chi connectivity index (χ1) is 10.5. The van der Waals surface area contributed by atoms with Crippen LogP contribution in [-0.4, -0.2) is 49.4 Å². The van der Waals surface area contributed by atoms with Crippen LogP contribution >= 0.6 is 0 Å². The standard InChI is InChI=1S/C17H23N3O2/c1-19(2)14-7-3-6-13(12-14)15(21)20-11-5-9-17(20)8-4-10-18-16(17)22/h3,6-7,12H,4-5,8-11H2,1-2H3,(H,18,22). The molecule has 1 atom stereocenters. The zero-order chi connectivity index (χ0) is 15.7. The molecule has 0 radical (unpaired) electrons. The average Bonchev–Trinajstić information content (AvgIpc) is 2.94. The van der Waals surface area contributed by atoms with Crippen LogP contribution in [0.25, 0.3) is 0 Å². The van der Waals surface area contributed by atoms with Gasteiger partial charge in [0, 0.05) is 38.4 Å². The smallest absolute Gasteiger partial charge is 0.254 e. The van der Waals surface area contributed by atoms with Crippen molar-refractivity contribution in [2.45, 2.75) is 31.2 Å². The van der Waals surface area contributed by atoms with Crippen LogP contribution in [0.3, 0.4) is 0 Å². The largest absolute Gasteiger partial charge is 0.378 e. The number of piperidine rings is 1. The van der Waals surface area contributed by atoms with Gasteiger partial charge in [0.2, 0.25) is 5.91 Å². The van der Waals surface area contributed by atoms with E-state index in [0.29, 0.717) is 12.1 Å². The van der Waals surface area contributed by atoms with Gasteiger partial charge in [-0.1, -0.05) is 6.07 Å². The Morgan fingerprint density at radius 3 is 2.77 bits per heavy atom. The monoisotopic (exact) mass is 301 g/mol. The molecule has 2 aliphatic rings. The summed E-state index contributed by atoms with van der Waals surface area (Å²) in [6.07, 6.45) is 3.38. The number of amides is 2. The van der Waals surface area contributed by atoms with Crippen LogP contribution < -0.4 is 10.2 Å². The molecule has 5 heteroatoms. The molecule has 1 N–H and O–H groups in total. The van der Waals surface area contributed by atoms with E-state index in [2.05, 4.69) is 5.32 Å². The van der Waals surface area contributed by atoms with Crippen molar-refractivity contribution in [2.75, 3.05) is 32.1 Å². The van der Waals surface area contributed by atoms with Crippen LogP contribution in [0.5, 0.6) is 0 Å². The molecule has 1 aromatic rings. The summed E-state index contributed by atoms with van der Waals surface area (Å²) in [5.41, 5.74) is 1.03. The molecular formula is C17H23N3O2. The highest BCUT2D eigenvalue weighted by Crippen LogP contribution is 2.37. The minimum absolute atomic E-state index is 0.0216. The highest BCUT2D eigenvalue weighted by atomic mass is 16.2. The molecule has 2 aliphatic heterocycles. The molecule has 2 amide bonds. The van der Waals surface area contributed by atoms with Crippen molar-refractivity contribution in [2.24, 2.45) is 0 Å². The predicted octanol–water partition coefficient (Wildman–Crippen LogP) is 1.64. The molecule has 1 unspecified atom stereocenters. The Balaban J connectivity index is 1.91. The van der Waals surface area contributed by atoms with E-state index in [0.717, 1.165) is 37.9 Å². The molecule has 0 bridgehead atoms. The van der Waals surface area contributed by atoms with Crippen molar-refractivity contribution in [1.82, 2.24) is 10.2 Å². The number of rotatable bonds is 2. The summed E-state index contributed by atoms with van der Waals surface area (Å²) in [4.78, 5) is 29.2. The molecule has 5 nitrogen and oxygen atoms in total. The fourth-order valence-electron chi connectivity index (χ4n) is 3.60. The van der Waals surface area contributed by atoms with Gasteiger partial charge >= 0.3 is 0 Å². The lowest BCUT2D eigenvalue weighted by molar-refractivity contribution is -0.133. The number of hydrogen-bond donors (Lipinski definition) is 1. The molecule has 0 aliphatic carbocycles. The Morgan fingerprint density at radius 1 is 1.27 bits per heavy atom. The number of nitrogens with one attached hydrogen (secondary N) is 1. The van der Waals surface area contributed by atoms with Crippen LogP contribution in [0.15, 0.2) is 24.3 Å². The minimum Gasteiger partial charge on any atom is -0.378 e. The lowest BCUT2D eigenvalue weighted by atomic mass is 9.86. The Bertz CT molecular complexity index is 599. The number of benzene rings is 1. The number of carbonyl (C=O) groups excluding carboxylic acids is 2. The number of anilines is 1. The third kappa shape index (κ3) is 2.34. The number of carbonyl (C=O) groups is 2. The van der Waals surface area contributed by atoms with Gasteiger partial charge < -0.3 is 15.1 Å². The second-order valence-corrected chi connectivity index (χ2v) is 6.40. The van der Waals surface area contributed by atoms with Gasteiger partial charge in [-0.3, -0.25) is 9.59 Å². The molecule has 1 aromatic carbocycles. The quantitative estimate of drug-likeness (QED) is 0.903. The van der Waals surface area contributed by atoms with Gasteiger partial charge in [0.05, 0.1) is 0 Å². The molecule has 2 heterocycles. The summed E-state index contributed by atoms with van der Waals surface area (Å²) >= 11 is 0. The topological polar surface area (TPSA) is 52.7 Å². The average molecular weight is 301 g/mol. The van der Waals surface area contributed by atoms with E-state index in [9.17, 15) is 9.59 Å². The van der Waals surface area contributed by atoms with Crippen LogP contribution in [0.4, 0.5) is 5.69 Å². The van der Waals surface area contributed by atoms with Gasteiger partial charge in [0.25, 0.3) is 5.91 Å². The first-order valence-corrected chi connectivity index (χ1v) is 7.92. The normalized spacial score (nSPS) is 24.5.